The number of hydrogen-bond acceptors (Lipinski definition) is 0. The van der Waals surface area contributed by atoms with Gasteiger partial charge >= 0.3 is 0 Å². The predicted octanol–water partition coefficient (Wildman–Crippen LogP) is 7.91. The second-order valence-electron chi connectivity index (χ2n) is 4.21. The molecular weight excluding hydrogens is 381 g/mol. The fourth-order valence-corrected chi connectivity index (χ4v) is 3.97. The minimum absolute atomic E-state index is 0.180. The molecule has 0 saturated heterocycles. The van der Waals surface area contributed by atoms with Crippen LogP contribution >= 0.6 is 69.6 Å². The maximum absolute atomic E-state index is 6.45. The Bertz CT molecular complexity index is 869. The van der Waals surface area contributed by atoms with E-state index in [-0.39, 0.29) is 15.1 Å². The third-order valence-electron chi connectivity index (χ3n) is 3.09. The maximum Gasteiger partial charge on any atom is 0.0800 e. The van der Waals surface area contributed by atoms with Crippen molar-refractivity contribution in [1.82, 2.24) is 0 Å². The summed E-state index contributed by atoms with van der Waals surface area (Å²) in [6, 6.07) is 7.33. The van der Waals surface area contributed by atoms with Crippen LogP contribution in [0.2, 0.25) is 30.1 Å². The van der Waals surface area contributed by atoms with Gasteiger partial charge in [-0.05, 0) is 17.5 Å². The molecule has 0 amide bonds. The zero-order chi connectivity index (χ0) is 14.6. The molecule has 0 aliphatic heterocycles. The molecule has 0 bridgehead atoms. The Morgan fingerprint density at radius 3 is 1.95 bits per heavy atom. The van der Waals surface area contributed by atoms with E-state index in [0.29, 0.717) is 31.2 Å². The average molecular weight is 385 g/mol. The Balaban J connectivity index is 2.68. The summed E-state index contributed by atoms with van der Waals surface area (Å²) in [6.45, 7) is 0. The van der Waals surface area contributed by atoms with Crippen molar-refractivity contribution in [2.75, 3.05) is 0 Å². The third kappa shape index (κ3) is 2.06. The van der Waals surface area contributed by atoms with Crippen LogP contribution in [0.15, 0.2) is 24.3 Å². The summed E-state index contributed by atoms with van der Waals surface area (Å²) in [5.74, 6) is 0. The number of fused-ring (bicyclic) bond motifs is 2. The predicted molar refractivity (Wildman–Crippen MR) is 91.5 cm³/mol. The van der Waals surface area contributed by atoms with Gasteiger partial charge in [-0.15, -0.1) is 0 Å². The van der Waals surface area contributed by atoms with Crippen LogP contribution in [0.25, 0.3) is 21.5 Å². The van der Waals surface area contributed by atoms with E-state index in [1.54, 1.807) is 6.07 Å². The summed E-state index contributed by atoms with van der Waals surface area (Å²) < 4.78 is 0. The van der Waals surface area contributed by atoms with Crippen molar-refractivity contribution in [3.05, 3.63) is 54.4 Å². The molecule has 20 heavy (non-hydrogen) atoms. The first-order valence-corrected chi connectivity index (χ1v) is 7.72. The first-order chi connectivity index (χ1) is 9.43. The average Bonchev–Trinajstić information content (AvgIpc) is 2.42. The topological polar surface area (TPSA) is 0 Å². The first-order valence-electron chi connectivity index (χ1n) is 5.46. The van der Waals surface area contributed by atoms with Gasteiger partial charge in [-0.1, -0.05) is 81.7 Å². The van der Waals surface area contributed by atoms with E-state index in [4.69, 9.17) is 69.6 Å². The lowest BCUT2D eigenvalue weighted by atomic mass is 10.0. The van der Waals surface area contributed by atoms with Crippen LogP contribution in [0.4, 0.5) is 0 Å². The molecule has 0 fully saturated rings. The monoisotopic (exact) mass is 382 g/mol. The largest absolute Gasteiger partial charge is 0.0836 e. The lowest BCUT2D eigenvalue weighted by Crippen LogP contribution is -1.86. The fourth-order valence-electron chi connectivity index (χ4n) is 2.17. The van der Waals surface area contributed by atoms with E-state index in [0.717, 1.165) is 5.39 Å². The quantitative estimate of drug-likeness (QED) is 0.210. The summed E-state index contributed by atoms with van der Waals surface area (Å²) in [7, 11) is 0. The summed E-state index contributed by atoms with van der Waals surface area (Å²) >= 11 is 37.3. The van der Waals surface area contributed by atoms with Crippen molar-refractivity contribution < 1.29 is 0 Å². The van der Waals surface area contributed by atoms with Gasteiger partial charge in [0.05, 0.1) is 25.1 Å². The summed E-state index contributed by atoms with van der Waals surface area (Å²) in [5.41, 5.74) is 0. The highest BCUT2D eigenvalue weighted by Crippen LogP contribution is 2.48. The minimum atomic E-state index is 0.180. The Morgan fingerprint density at radius 1 is 0.600 bits per heavy atom. The highest BCUT2D eigenvalue weighted by Gasteiger charge is 2.19. The molecule has 3 rings (SSSR count). The van der Waals surface area contributed by atoms with Gasteiger partial charge in [0.15, 0.2) is 0 Å². The standard InChI is InChI=1S/C14H4Cl6/c15-7-3-1-2-5-4-6-9(11(17)8(5)7)12(18)14(20)13(19)10(6)16/h1-4H. The van der Waals surface area contributed by atoms with Crippen LogP contribution in [-0.2, 0) is 0 Å². The molecule has 0 N–H and O–H groups in total. The molecule has 3 aromatic carbocycles. The molecule has 3 aromatic rings. The zero-order valence-corrected chi connectivity index (χ0v) is 14.1. The smallest absolute Gasteiger partial charge is 0.0800 e. The van der Waals surface area contributed by atoms with Gasteiger partial charge in [0.2, 0.25) is 0 Å². The molecule has 0 spiro atoms. The van der Waals surface area contributed by atoms with Crippen molar-refractivity contribution in [2.45, 2.75) is 0 Å². The molecule has 0 aromatic heterocycles. The van der Waals surface area contributed by atoms with E-state index in [1.807, 2.05) is 18.2 Å². The normalized spacial score (nSPS) is 11.5. The maximum atomic E-state index is 6.45. The van der Waals surface area contributed by atoms with Crippen LogP contribution in [0, 0.1) is 0 Å². The zero-order valence-electron chi connectivity index (χ0n) is 9.58. The molecule has 0 aliphatic carbocycles. The molecule has 6 heteroatoms. The Hall–Kier alpha value is -0.0800. The SMILES string of the molecule is Clc1c(Cl)c(Cl)c2c(Cl)c3c(Cl)cccc3cc2c1Cl. The Labute approximate surface area is 145 Å². The summed E-state index contributed by atoms with van der Waals surface area (Å²) in [4.78, 5) is 0. The van der Waals surface area contributed by atoms with Crippen LogP contribution in [0.1, 0.15) is 0 Å². The van der Waals surface area contributed by atoms with Crippen molar-refractivity contribution in [1.29, 1.82) is 0 Å². The second kappa shape index (κ2) is 5.28. The van der Waals surface area contributed by atoms with Gasteiger partial charge in [-0.3, -0.25) is 0 Å². The van der Waals surface area contributed by atoms with Crippen LogP contribution in [-0.4, -0.2) is 0 Å². The van der Waals surface area contributed by atoms with E-state index in [9.17, 15) is 0 Å². The lowest BCUT2D eigenvalue weighted by molar-refractivity contribution is 1.75. The molecule has 0 unspecified atom stereocenters. The number of rotatable bonds is 0. The van der Waals surface area contributed by atoms with E-state index < -0.39 is 0 Å². The van der Waals surface area contributed by atoms with Gasteiger partial charge in [0.25, 0.3) is 0 Å². The van der Waals surface area contributed by atoms with E-state index in [1.165, 1.54) is 0 Å². The molecule has 0 saturated carbocycles. The minimum Gasteiger partial charge on any atom is -0.0836 e. The van der Waals surface area contributed by atoms with Crippen molar-refractivity contribution in [2.24, 2.45) is 0 Å². The molecule has 102 valence electrons. The fraction of sp³-hybridized carbons (Fsp3) is 0. The second-order valence-corrected chi connectivity index (χ2v) is 6.50. The molecule has 0 nitrogen and oxygen atoms in total. The van der Waals surface area contributed by atoms with E-state index >= 15 is 0 Å². The Kier molecular flexibility index (Phi) is 3.92. The van der Waals surface area contributed by atoms with Gasteiger partial charge < -0.3 is 0 Å². The molecule has 0 radical (unpaired) electrons. The highest BCUT2D eigenvalue weighted by molar-refractivity contribution is 6.57. The van der Waals surface area contributed by atoms with Crippen molar-refractivity contribution in [3.8, 4) is 0 Å². The molecule has 0 aliphatic rings. The first kappa shape index (κ1) is 14.8. The number of benzene rings is 3. The number of hydrogen-bond donors (Lipinski definition) is 0. The summed E-state index contributed by atoms with van der Waals surface area (Å²) in [6.07, 6.45) is 0. The molecular formula is C14H4Cl6. The van der Waals surface area contributed by atoms with Crippen LogP contribution in [0.3, 0.4) is 0 Å². The van der Waals surface area contributed by atoms with Crippen LogP contribution in [0.5, 0.6) is 0 Å². The Morgan fingerprint density at radius 2 is 1.25 bits per heavy atom. The van der Waals surface area contributed by atoms with Gasteiger partial charge in [0.1, 0.15) is 0 Å². The van der Waals surface area contributed by atoms with Gasteiger partial charge in [-0.2, -0.15) is 0 Å². The number of halogens is 6. The lowest BCUT2D eigenvalue weighted by Gasteiger charge is -2.13. The molecule has 0 heterocycles. The van der Waals surface area contributed by atoms with Gasteiger partial charge in [0, 0.05) is 21.2 Å². The summed E-state index contributed by atoms with van der Waals surface area (Å²) in [5, 5.41) is 4.68. The van der Waals surface area contributed by atoms with E-state index in [2.05, 4.69) is 0 Å². The van der Waals surface area contributed by atoms with Gasteiger partial charge in [-0.25, -0.2) is 0 Å². The highest BCUT2D eigenvalue weighted by atomic mass is 35.5. The third-order valence-corrected chi connectivity index (χ3v) is 5.60. The van der Waals surface area contributed by atoms with Crippen molar-refractivity contribution >= 4 is 91.2 Å². The van der Waals surface area contributed by atoms with Crippen LogP contribution < -0.4 is 0 Å². The molecule has 0 atom stereocenters. The van der Waals surface area contributed by atoms with Crippen molar-refractivity contribution in [3.63, 3.8) is 0 Å².